The smallest absolute Gasteiger partial charge is 0.279 e. The number of benzene rings is 1. The molecule has 0 bridgehead atoms. The largest absolute Gasteiger partial charge is 0.508 e. The minimum absolute atomic E-state index is 0.0758. The molecule has 6 nitrogen and oxygen atoms in total. The fourth-order valence-corrected chi connectivity index (χ4v) is 2.50. The van der Waals surface area contributed by atoms with Crippen LogP contribution >= 0.6 is 0 Å². The van der Waals surface area contributed by atoms with E-state index in [1.54, 1.807) is 30.3 Å². The minimum Gasteiger partial charge on any atom is -0.508 e. The lowest BCUT2D eigenvalue weighted by atomic mass is 10.0. The predicted molar refractivity (Wildman–Crippen MR) is 86.0 cm³/mol. The molecule has 2 amide bonds. The van der Waals surface area contributed by atoms with E-state index in [0.717, 1.165) is 11.3 Å². The third kappa shape index (κ3) is 3.48. The van der Waals surface area contributed by atoms with Crippen LogP contribution in [0.15, 0.2) is 53.2 Å². The Hall–Kier alpha value is -2.89. The van der Waals surface area contributed by atoms with Crippen LogP contribution in [0.1, 0.15) is 12.0 Å². The molecule has 3 rings (SSSR count). The Morgan fingerprint density at radius 3 is 2.91 bits per heavy atom. The van der Waals surface area contributed by atoms with Crippen LogP contribution in [0.4, 0.5) is 0 Å². The minimum atomic E-state index is -0.468. The summed E-state index contributed by atoms with van der Waals surface area (Å²) in [5.41, 5.74) is 1.65. The van der Waals surface area contributed by atoms with E-state index >= 15 is 0 Å². The van der Waals surface area contributed by atoms with E-state index in [9.17, 15) is 14.7 Å². The van der Waals surface area contributed by atoms with E-state index in [1.165, 1.54) is 0 Å². The van der Waals surface area contributed by atoms with Crippen LogP contribution < -0.4 is 10.6 Å². The normalized spacial score (nSPS) is 19.3. The summed E-state index contributed by atoms with van der Waals surface area (Å²) >= 11 is 0. The van der Waals surface area contributed by atoms with Crippen LogP contribution in [-0.4, -0.2) is 35.2 Å². The molecule has 2 aliphatic rings. The molecule has 1 atom stereocenters. The Morgan fingerprint density at radius 1 is 1.35 bits per heavy atom. The fourth-order valence-electron chi connectivity index (χ4n) is 2.50. The first kappa shape index (κ1) is 15.0. The van der Waals surface area contributed by atoms with Gasteiger partial charge < -0.3 is 15.7 Å². The summed E-state index contributed by atoms with van der Waals surface area (Å²) in [4.78, 5) is 28.4. The zero-order chi connectivity index (χ0) is 16.2. The van der Waals surface area contributed by atoms with Gasteiger partial charge in [-0.25, -0.2) is 0 Å². The number of nitrogens with one attached hydrogen (secondary N) is 2. The molecular weight excluding hydrogens is 294 g/mol. The number of nitrogens with zero attached hydrogens (tertiary/aromatic N) is 1. The second-order valence-electron chi connectivity index (χ2n) is 5.41. The highest BCUT2D eigenvalue weighted by atomic mass is 16.3. The highest BCUT2D eigenvalue weighted by molar-refractivity contribution is 6.65. The summed E-state index contributed by atoms with van der Waals surface area (Å²) in [6.07, 6.45) is 6.91. The van der Waals surface area contributed by atoms with E-state index in [-0.39, 0.29) is 17.5 Å². The topological polar surface area (TPSA) is 90.8 Å². The summed E-state index contributed by atoms with van der Waals surface area (Å²) in [7, 11) is 0. The molecule has 1 aliphatic carbocycles. The van der Waals surface area contributed by atoms with Crippen LogP contribution in [0, 0.1) is 0 Å². The number of phenols is 1. The number of carbonyl (C=O) groups excluding carboxylic acids is 2. The maximum atomic E-state index is 12.1. The number of hydrogen-bond acceptors (Lipinski definition) is 4. The molecule has 1 unspecified atom stereocenters. The number of fused-ring (bicyclic) bond motifs is 1. The zero-order valence-corrected chi connectivity index (χ0v) is 12.5. The molecular formula is C17H17N3O3. The first-order valence-corrected chi connectivity index (χ1v) is 7.45. The second kappa shape index (κ2) is 6.48. The molecule has 1 heterocycles. The molecule has 6 heteroatoms. The van der Waals surface area contributed by atoms with Crippen molar-refractivity contribution in [2.75, 3.05) is 6.54 Å². The van der Waals surface area contributed by atoms with Gasteiger partial charge in [-0.05, 0) is 36.6 Å². The first-order valence-electron chi connectivity index (χ1n) is 7.45. The monoisotopic (exact) mass is 311 g/mol. The Balaban J connectivity index is 1.58. The van der Waals surface area contributed by atoms with Gasteiger partial charge >= 0.3 is 0 Å². The maximum absolute atomic E-state index is 12.1. The Morgan fingerprint density at radius 2 is 2.13 bits per heavy atom. The third-order valence-corrected chi connectivity index (χ3v) is 3.74. The van der Waals surface area contributed by atoms with Crippen molar-refractivity contribution < 1.29 is 14.7 Å². The van der Waals surface area contributed by atoms with Crippen molar-refractivity contribution in [2.24, 2.45) is 4.99 Å². The zero-order valence-electron chi connectivity index (χ0n) is 12.5. The van der Waals surface area contributed by atoms with Crippen molar-refractivity contribution in [1.82, 2.24) is 10.6 Å². The highest BCUT2D eigenvalue weighted by Crippen LogP contribution is 2.18. The van der Waals surface area contributed by atoms with Gasteiger partial charge in [0.05, 0.1) is 6.04 Å². The van der Waals surface area contributed by atoms with Crippen LogP contribution in [-0.2, 0) is 16.0 Å². The average molecular weight is 311 g/mol. The van der Waals surface area contributed by atoms with Gasteiger partial charge in [0.2, 0.25) is 0 Å². The van der Waals surface area contributed by atoms with Crippen LogP contribution in [0.2, 0.25) is 0 Å². The van der Waals surface area contributed by atoms with E-state index in [4.69, 9.17) is 0 Å². The fraction of sp³-hybridized carbons (Fsp3) is 0.235. The Bertz CT molecular complexity index is 717. The van der Waals surface area contributed by atoms with Crippen molar-refractivity contribution in [3.05, 3.63) is 53.8 Å². The number of aliphatic imine (C=N–C) groups is 1. The van der Waals surface area contributed by atoms with Crippen molar-refractivity contribution >= 4 is 17.5 Å². The molecule has 1 aromatic rings. The van der Waals surface area contributed by atoms with Crippen molar-refractivity contribution in [3.8, 4) is 5.75 Å². The lowest BCUT2D eigenvalue weighted by Crippen LogP contribution is -2.47. The molecule has 23 heavy (non-hydrogen) atoms. The summed E-state index contributed by atoms with van der Waals surface area (Å²) < 4.78 is 0. The van der Waals surface area contributed by atoms with Crippen molar-refractivity contribution in [1.29, 1.82) is 0 Å². The maximum Gasteiger partial charge on any atom is 0.279 e. The molecule has 3 N–H and O–H groups in total. The Kier molecular flexibility index (Phi) is 4.23. The molecule has 0 saturated carbocycles. The lowest BCUT2D eigenvalue weighted by molar-refractivity contribution is -0.118. The third-order valence-electron chi connectivity index (χ3n) is 3.74. The molecule has 1 aromatic carbocycles. The van der Waals surface area contributed by atoms with E-state index in [0.29, 0.717) is 19.4 Å². The summed E-state index contributed by atoms with van der Waals surface area (Å²) in [6, 6.07) is 6.59. The van der Waals surface area contributed by atoms with E-state index in [1.807, 2.05) is 12.2 Å². The van der Waals surface area contributed by atoms with Gasteiger partial charge in [0.1, 0.15) is 5.75 Å². The van der Waals surface area contributed by atoms with Gasteiger partial charge in [0.15, 0.2) is 5.71 Å². The van der Waals surface area contributed by atoms with Gasteiger partial charge in [-0.1, -0.05) is 24.3 Å². The summed E-state index contributed by atoms with van der Waals surface area (Å²) in [6.45, 7) is 0.392. The molecule has 0 saturated heterocycles. The quantitative estimate of drug-likeness (QED) is 0.769. The predicted octanol–water partition coefficient (Wildman–Crippen LogP) is 0.834. The number of carbonyl (C=O) groups is 2. The molecule has 118 valence electrons. The molecule has 0 fully saturated rings. The van der Waals surface area contributed by atoms with Gasteiger partial charge in [0, 0.05) is 12.2 Å². The van der Waals surface area contributed by atoms with Gasteiger partial charge in [-0.3, -0.25) is 14.6 Å². The van der Waals surface area contributed by atoms with Gasteiger partial charge in [-0.2, -0.15) is 0 Å². The number of rotatable bonds is 4. The molecule has 0 radical (unpaired) electrons. The number of amides is 2. The SMILES string of the molecule is O=C(NCCc1ccc(O)cc1)C1=NC2CC=CC=C2NC1=O. The van der Waals surface area contributed by atoms with Crippen molar-refractivity contribution in [3.63, 3.8) is 0 Å². The number of allylic oxidation sites excluding steroid dienone is 2. The molecule has 1 aliphatic heterocycles. The van der Waals surface area contributed by atoms with E-state index < -0.39 is 11.8 Å². The van der Waals surface area contributed by atoms with Crippen LogP contribution in [0.25, 0.3) is 0 Å². The lowest BCUT2D eigenvalue weighted by Gasteiger charge is -2.24. The Labute approximate surface area is 133 Å². The first-order chi connectivity index (χ1) is 11.1. The number of hydrogen-bond donors (Lipinski definition) is 3. The van der Waals surface area contributed by atoms with Crippen LogP contribution in [0.5, 0.6) is 5.75 Å². The second-order valence-corrected chi connectivity index (χ2v) is 5.41. The summed E-state index contributed by atoms with van der Waals surface area (Å²) in [5, 5.41) is 14.7. The molecule has 0 spiro atoms. The van der Waals surface area contributed by atoms with Crippen LogP contribution in [0.3, 0.4) is 0 Å². The number of phenolic OH excluding ortho intramolecular Hbond substituents is 1. The summed E-state index contributed by atoms with van der Waals surface area (Å²) in [5.74, 6) is -0.726. The highest BCUT2D eigenvalue weighted by Gasteiger charge is 2.30. The van der Waals surface area contributed by atoms with Gasteiger partial charge in [0.25, 0.3) is 11.8 Å². The number of aromatic hydroxyl groups is 1. The standard InChI is InChI=1S/C17H17N3O3/c21-12-7-5-11(6-8-12)9-10-18-16(22)15-17(23)20-14-4-2-1-3-13(14)19-15/h1-2,4-8,13,21H,3,9-10H2,(H,18,22)(H,20,23). The van der Waals surface area contributed by atoms with E-state index in [2.05, 4.69) is 15.6 Å². The average Bonchev–Trinajstić information content (AvgIpc) is 2.56. The van der Waals surface area contributed by atoms with Gasteiger partial charge in [-0.15, -0.1) is 0 Å². The molecule has 0 aromatic heterocycles. The van der Waals surface area contributed by atoms with Crippen molar-refractivity contribution in [2.45, 2.75) is 18.9 Å².